The summed E-state index contributed by atoms with van der Waals surface area (Å²) in [6.07, 6.45) is 0.584. The maximum atomic E-state index is 12.1. The molecule has 1 aromatic rings. The Balaban J connectivity index is 2.20. The van der Waals surface area contributed by atoms with Gasteiger partial charge in [-0.05, 0) is 20.3 Å². The first-order chi connectivity index (χ1) is 8.52. The first-order valence-electron chi connectivity index (χ1n) is 6.06. The molecular formula is C12H17N3O3. The summed E-state index contributed by atoms with van der Waals surface area (Å²) in [5.41, 5.74) is 0.668. The average molecular weight is 251 g/mol. The molecule has 0 bridgehead atoms. The zero-order chi connectivity index (χ0) is 13.3. The highest BCUT2D eigenvalue weighted by molar-refractivity contribution is 5.96. The molecule has 0 radical (unpaired) electrons. The number of hydrogen-bond acceptors (Lipinski definition) is 4. The van der Waals surface area contributed by atoms with Gasteiger partial charge in [-0.2, -0.15) is 0 Å². The number of amides is 2. The number of aromatic nitrogens is 1. The van der Waals surface area contributed by atoms with E-state index in [1.165, 1.54) is 0 Å². The third kappa shape index (κ3) is 2.23. The van der Waals surface area contributed by atoms with Gasteiger partial charge in [0, 0.05) is 6.07 Å². The van der Waals surface area contributed by atoms with E-state index in [1.54, 1.807) is 24.8 Å². The first kappa shape index (κ1) is 12.6. The number of carbonyl (C=O) groups is 2. The molecule has 0 spiro atoms. The van der Waals surface area contributed by atoms with Crippen molar-refractivity contribution in [2.24, 2.45) is 0 Å². The highest BCUT2D eigenvalue weighted by atomic mass is 16.5. The topological polar surface area (TPSA) is 75.4 Å². The van der Waals surface area contributed by atoms with E-state index in [9.17, 15) is 9.59 Å². The van der Waals surface area contributed by atoms with E-state index >= 15 is 0 Å². The smallest absolute Gasteiger partial charge is 0.245 e. The fraction of sp³-hybridized carbons (Fsp3) is 0.583. The Kier molecular flexibility index (Phi) is 3.36. The molecule has 1 aliphatic heterocycles. The van der Waals surface area contributed by atoms with Gasteiger partial charge in [-0.3, -0.25) is 9.59 Å². The summed E-state index contributed by atoms with van der Waals surface area (Å²) in [6.45, 7) is 5.68. The Hall–Kier alpha value is -1.85. The molecule has 2 heterocycles. The molecule has 0 aromatic carbocycles. The summed E-state index contributed by atoms with van der Waals surface area (Å²) >= 11 is 0. The molecule has 2 unspecified atom stereocenters. The lowest BCUT2D eigenvalue weighted by Gasteiger charge is -2.37. The van der Waals surface area contributed by atoms with Crippen LogP contribution in [0.2, 0.25) is 0 Å². The van der Waals surface area contributed by atoms with Crippen molar-refractivity contribution in [2.45, 2.75) is 45.8 Å². The van der Waals surface area contributed by atoms with Crippen LogP contribution in [-0.2, 0) is 16.1 Å². The van der Waals surface area contributed by atoms with Crippen molar-refractivity contribution in [2.75, 3.05) is 0 Å². The van der Waals surface area contributed by atoms with E-state index in [2.05, 4.69) is 10.5 Å². The lowest BCUT2D eigenvalue weighted by molar-refractivity contribution is -0.149. The van der Waals surface area contributed by atoms with Crippen molar-refractivity contribution in [1.29, 1.82) is 0 Å². The van der Waals surface area contributed by atoms with Crippen LogP contribution in [0.3, 0.4) is 0 Å². The van der Waals surface area contributed by atoms with E-state index in [0.717, 1.165) is 0 Å². The van der Waals surface area contributed by atoms with E-state index < -0.39 is 12.1 Å². The van der Waals surface area contributed by atoms with Crippen LogP contribution in [-0.4, -0.2) is 34.0 Å². The largest absolute Gasteiger partial charge is 0.361 e. The zero-order valence-corrected chi connectivity index (χ0v) is 10.8. The monoisotopic (exact) mass is 251 g/mol. The van der Waals surface area contributed by atoms with Crippen LogP contribution in [0.5, 0.6) is 0 Å². The molecule has 0 aliphatic carbocycles. The number of nitrogens with one attached hydrogen (secondary N) is 1. The third-order valence-electron chi connectivity index (χ3n) is 3.09. The summed E-state index contributed by atoms with van der Waals surface area (Å²) < 4.78 is 4.98. The molecule has 1 fully saturated rings. The first-order valence-corrected chi connectivity index (χ1v) is 6.06. The second kappa shape index (κ2) is 4.80. The van der Waals surface area contributed by atoms with Crippen molar-refractivity contribution in [3.8, 4) is 0 Å². The maximum Gasteiger partial charge on any atom is 0.245 e. The van der Waals surface area contributed by atoms with Gasteiger partial charge in [0.05, 0.1) is 6.54 Å². The fourth-order valence-electron chi connectivity index (χ4n) is 2.18. The van der Waals surface area contributed by atoms with Gasteiger partial charge in [0.15, 0.2) is 0 Å². The molecule has 1 aromatic heterocycles. The van der Waals surface area contributed by atoms with Gasteiger partial charge in [-0.25, -0.2) is 0 Å². The lowest BCUT2D eigenvalue weighted by atomic mass is 10.1. The molecule has 98 valence electrons. The van der Waals surface area contributed by atoms with Crippen molar-refractivity contribution in [3.63, 3.8) is 0 Å². The normalized spacial score (nSPS) is 24.3. The molecule has 18 heavy (non-hydrogen) atoms. The van der Waals surface area contributed by atoms with E-state index in [-0.39, 0.29) is 11.8 Å². The molecular weight excluding hydrogens is 234 g/mol. The van der Waals surface area contributed by atoms with Crippen molar-refractivity contribution in [1.82, 2.24) is 15.4 Å². The second-order valence-electron chi connectivity index (χ2n) is 4.55. The molecule has 2 amide bonds. The van der Waals surface area contributed by atoms with Crippen LogP contribution >= 0.6 is 0 Å². The lowest BCUT2D eigenvalue weighted by Crippen LogP contribution is -2.61. The van der Waals surface area contributed by atoms with Gasteiger partial charge in [0.25, 0.3) is 0 Å². The van der Waals surface area contributed by atoms with Crippen molar-refractivity contribution >= 4 is 11.8 Å². The van der Waals surface area contributed by atoms with Crippen LogP contribution in [0, 0.1) is 6.92 Å². The Morgan fingerprint density at radius 1 is 1.50 bits per heavy atom. The zero-order valence-electron chi connectivity index (χ0n) is 10.8. The maximum absolute atomic E-state index is 12.1. The van der Waals surface area contributed by atoms with Crippen LogP contribution in [0.15, 0.2) is 10.6 Å². The number of carbonyl (C=O) groups excluding carboxylic acids is 2. The molecule has 2 rings (SSSR count). The Bertz CT molecular complexity index is 469. The minimum atomic E-state index is -0.478. The minimum absolute atomic E-state index is 0.0814. The van der Waals surface area contributed by atoms with E-state index in [1.807, 2.05) is 6.92 Å². The Labute approximate surface area is 105 Å². The summed E-state index contributed by atoms with van der Waals surface area (Å²) in [7, 11) is 0. The standard InChI is InChI=1S/C12H17N3O3/c1-4-10-11(16)13-8(3)12(17)15(10)6-9-5-7(2)18-14-9/h5,8,10H,4,6H2,1-3H3,(H,13,16). The third-order valence-corrected chi connectivity index (χ3v) is 3.09. The second-order valence-corrected chi connectivity index (χ2v) is 4.55. The quantitative estimate of drug-likeness (QED) is 0.854. The van der Waals surface area contributed by atoms with Crippen LogP contribution in [0.1, 0.15) is 31.7 Å². The van der Waals surface area contributed by atoms with Crippen molar-refractivity contribution in [3.05, 3.63) is 17.5 Å². The van der Waals surface area contributed by atoms with Gasteiger partial charge in [0.2, 0.25) is 11.8 Å². The van der Waals surface area contributed by atoms with Crippen LogP contribution in [0.4, 0.5) is 0 Å². The van der Waals surface area contributed by atoms with Gasteiger partial charge in [-0.1, -0.05) is 12.1 Å². The van der Waals surface area contributed by atoms with Crippen LogP contribution < -0.4 is 5.32 Å². The van der Waals surface area contributed by atoms with Crippen LogP contribution in [0.25, 0.3) is 0 Å². The molecule has 6 nitrogen and oxygen atoms in total. The van der Waals surface area contributed by atoms with E-state index in [4.69, 9.17) is 4.52 Å². The summed E-state index contributed by atoms with van der Waals surface area (Å²) in [5.74, 6) is 0.506. The number of piperazine rings is 1. The number of aryl methyl sites for hydroxylation is 1. The minimum Gasteiger partial charge on any atom is -0.361 e. The highest BCUT2D eigenvalue weighted by Crippen LogP contribution is 2.16. The molecule has 1 N–H and O–H groups in total. The van der Waals surface area contributed by atoms with Gasteiger partial charge in [0.1, 0.15) is 23.5 Å². The summed E-state index contributed by atoms with van der Waals surface area (Å²) in [6, 6.07) is 0.871. The SMILES string of the molecule is CCC1C(=O)NC(C)C(=O)N1Cc1cc(C)on1. The van der Waals surface area contributed by atoms with Gasteiger partial charge >= 0.3 is 0 Å². The predicted octanol–water partition coefficient (Wildman–Crippen LogP) is 0.609. The molecule has 2 atom stereocenters. The Morgan fingerprint density at radius 2 is 2.22 bits per heavy atom. The molecule has 1 aliphatic rings. The van der Waals surface area contributed by atoms with Gasteiger partial charge < -0.3 is 14.7 Å². The number of hydrogen-bond donors (Lipinski definition) is 1. The summed E-state index contributed by atoms with van der Waals surface area (Å²) in [5, 5.41) is 6.54. The number of rotatable bonds is 3. The van der Waals surface area contributed by atoms with E-state index in [0.29, 0.717) is 24.4 Å². The molecule has 6 heteroatoms. The molecule has 1 saturated heterocycles. The fourth-order valence-corrected chi connectivity index (χ4v) is 2.18. The summed E-state index contributed by atoms with van der Waals surface area (Å²) in [4.78, 5) is 25.5. The van der Waals surface area contributed by atoms with Crippen molar-refractivity contribution < 1.29 is 14.1 Å². The van der Waals surface area contributed by atoms with Gasteiger partial charge in [-0.15, -0.1) is 0 Å². The highest BCUT2D eigenvalue weighted by Gasteiger charge is 2.37. The predicted molar refractivity (Wildman–Crippen MR) is 63.5 cm³/mol. The average Bonchev–Trinajstić information content (AvgIpc) is 2.72. The number of nitrogens with zero attached hydrogens (tertiary/aromatic N) is 2. The molecule has 0 saturated carbocycles. The Morgan fingerprint density at radius 3 is 2.78 bits per heavy atom.